The predicted molar refractivity (Wildman–Crippen MR) is 76.1 cm³/mol. The van der Waals surface area contributed by atoms with Crippen molar-refractivity contribution in [1.82, 2.24) is 5.32 Å². The smallest absolute Gasteiger partial charge is 0.251 e. The Kier molecular flexibility index (Phi) is 4.27. The molecule has 1 aromatic rings. The second-order valence-electron chi connectivity index (χ2n) is 5.03. The molecule has 5 nitrogen and oxygen atoms in total. The van der Waals surface area contributed by atoms with Crippen LogP contribution in [0.3, 0.4) is 0 Å². The van der Waals surface area contributed by atoms with Gasteiger partial charge in [0.05, 0.1) is 17.5 Å². The van der Waals surface area contributed by atoms with E-state index >= 15 is 0 Å². The van der Waals surface area contributed by atoms with E-state index in [1.54, 1.807) is 25.2 Å². The summed E-state index contributed by atoms with van der Waals surface area (Å²) in [5.41, 5.74) is 7.96. The van der Waals surface area contributed by atoms with Crippen molar-refractivity contribution >= 4 is 17.3 Å². The molecule has 0 saturated heterocycles. The van der Waals surface area contributed by atoms with Gasteiger partial charge in [0.1, 0.15) is 0 Å². The number of aliphatic hydroxyl groups is 1. The van der Waals surface area contributed by atoms with Crippen molar-refractivity contribution in [2.45, 2.75) is 37.8 Å². The maximum atomic E-state index is 11.6. The van der Waals surface area contributed by atoms with Crippen molar-refractivity contribution in [2.75, 3.05) is 18.1 Å². The van der Waals surface area contributed by atoms with Crippen LogP contribution in [0.5, 0.6) is 0 Å². The molecule has 104 valence electrons. The molecule has 1 amide bonds. The molecular formula is C14H21N3O2. The molecule has 0 atom stereocenters. The Morgan fingerprint density at radius 2 is 2.00 bits per heavy atom. The van der Waals surface area contributed by atoms with Gasteiger partial charge < -0.3 is 21.5 Å². The van der Waals surface area contributed by atoms with E-state index in [2.05, 4.69) is 10.6 Å². The van der Waals surface area contributed by atoms with E-state index < -0.39 is 0 Å². The van der Waals surface area contributed by atoms with Gasteiger partial charge in [-0.25, -0.2) is 0 Å². The largest absolute Gasteiger partial charge is 0.397 e. The van der Waals surface area contributed by atoms with Crippen LogP contribution in [-0.4, -0.2) is 30.2 Å². The van der Waals surface area contributed by atoms with Crippen molar-refractivity contribution < 1.29 is 9.90 Å². The number of hydrogen-bond donors (Lipinski definition) is 4. The van der Waals surface area contributed by atoms with Crippen LogP contribution < -0.4 is 16.4 Å². The lowest BCUT2D eigenvalue weighted by Crippen LogP contribution is -2.28. The fourth-order valence-electron chi connectivity index (χ4n) is 2.41. The molecule has 0 radical (unpaired) electrons. The predicted octanol–water partition coefficient (Wildman–Crippen LogP) is 1.34. The molecular weight excluding hydrogens is 242 g/mol. The van der Waals surface area contributed by atoms with Crippen molar-refractivity contribution in [1.29, 1.82) is 0 Å². The van der Waals surface area contributed by atoms with Crippen molar-refractivity contribution in [2.24, 2.45) is 0 Å². The van der Waals surface area contributed by atoms with Crippen LogP contribution in [0.2, 0.25) is 0 Å². The minimum Gasteiger partial charge on any atom is -0.397 e. The van der Waals surface area contributed by atoms with Crippen LogP contribution in [0.4, 0.5) is 11.4 Å². The average Bonchev–Trinajstić information content (AvgIpc) is 2.43. The van der Waals surface area contributed by atoms with Crippen molar-refractivity contribution in [3.8, 4) is 0 Å². The first-order valence-electron chi connectivity index (χ1n) is 6.66. The number of benzene rings is 1. The third-order valence-electron chi connectivity index (χ3n) is 3.60. The highest BCUT2D eigenvalue weighted by Crippen LogP contribution is 2.26. The van der Waals surface area contributed by atoms with Crippen LogP contribution in [0.1, 0.15) is 36.0 Å². The van der Waals surface area contributed by atoms with Crippen LogP contribution in [-0.2, 0) is 0 Å². The zero-order valence-corrected chi connectivity index (χ0v) is 11.1. The van der Waals surface area contributed by atoms with Crippen molar-refractivity contribution in [3.05, 3.63) is 23.8 Å². The van der Waals surface area contributed by atoms with E-state index in [0.717, 1.165) is 31.4 Å². The second-order valence-corrected chi connectivity index (χ2v) is 5.03. The standard InChI is InChI=1S/C14H21N3O2/c1-16-14(19)9-2-7-12(15)13(8-9)17-10-3-5-11(18)6-4-10/h2,7-8,10-11,17-18H,3-6,15H2,1H3,(H,16,19). The molecule has 5 N–H and O–H groups in total. The molecule has 0 heterocycles. The number of anilines is 2. The molecule has 5 heteroatoms. The highest BCUT2D eigenvalue weighted by atomic mass is 16.3. The Balaban J connectivity index is 2.08. The molecule has 1 aliphatic carbocycles. The Hall–Kier alpha value is -1.75. The number of nitrogen functional groups attached to an aromatic ring is 1. The van der Waals surface area contributed by atoms with E-state index in [-0.39, 0.29) is 12.0 Å². The summed E-state index contributed by atoms with van der Waals surface area (Å²) >= 11 is 0. The van der Waals surface area contributed by atoms with Gasteiger partial charge in [-0.1, -0.05) is 0 Å². The quantitative estimate of drug-likeness (QED) is 0.620. The first kappa shape index (κ1) is 13.7. The molecule has 0 spiro atoms. The molecule has 1 aliphatic rings. The first-order chi connectivity index (χ1) is 9.10. The number of amides is 1. The third kappa shape index (κ3) is 3.38. The number of nitrogens with two attached hydrogens (primary N) is 1. The van der Waals surface area contributed by atoms with Crippen LogP contribution in [0.15, 0.2) is 18.2 Å². The molecule has 1 aromatic carbocycles. The summed E-state index contributed by atoms with van der Waals surface area (Å²) < 4.78 is 0. The number of aliphatic hydroxyl groups excluding tert-OH is 1. The van der Waals surface area contributed by atoms with Gasteiger partial charge in [0.15, 0.2) is 0 Å². The van der Waals surface area contributed by atoms with Gasteiger partial charge in [0, 0.05) is 18.7 Å². The summed E-state index contributed by atoms with van der Waals surface area (Å²) in [6.07, 6.45) is 3.29. The normalized spacial score (nSPS) is 22.8. The SMILES string of the molecule is CNC(=O)c1ccc(N)c(NC2CCC(O)CC2)c1. The van der Waals surface area contributed by atoms with Gasteiger partial charge in [-0.3, -0.25) is 4.79 Å². The Labute approximate surface area is 113 Å². The lowest BCUT2D eigenvalue weighted by atomic mass is 9.93. The van der Waals surface area contributed by atoms with Gasteiger partial charge in [0.25, 0.3) is 5.91 Å². The molecule has 19 heavy (non-hydrogen) atoms. The summed E-state index contributed by atoms with van der Waals surface area (Å²) in [6, 6.07) is 5.54. The highest BCUT2D eigenvalue weighted by Gasteiger charge is 2.20. The topological polar surface area (TPSA) is 87.4 Å². The summed E-state index contributed by atoms with van der Waals surface area (Å²) in [6.45, 7) is 0. The molecule has 0 aromatic heterocycles. The minimum atomic E-state index is -0.174. The Morgan fingerprint density at radius 3 is 2.63 bits per heavy atom. The van der Waals surface area contributed by atoms with E-state index in [4.69, 9.17) is 5.73 Å². The number of nitrogens with one attached hydrogen (secondary N) is 2. The Bertz CT molecular complexity index is 454. The monoisotopic (exact) mass is 263 g/mol. The molecule has 1 fully saturated rings. The lowest BCUT2D eigenvalue weighted by Gasteiger charge is -2.27. The average molecular weight is 263 g/mol. The maximum absolute atomic E-state index is 11.6. The third-order valence-corrected chi connectivity index (χ3v) is 3.60. The van der Waals surface area contributed by atoms with E-state index in [0.29, 0.717) is 17.3 Å². The second kappa shape index (κ2) is 5.93. The molecule has 0 aliphatic heterocycles. The molecule has 0 unspecified atom stereocenters. The van der Waals surface area contributed by atoms with Gasteiger partial charge in [-0.2, -0.15) is 0 Å². The minimum absolute atomic E-state index is 0.123. The summed E-state index contributed by atoms with van der Waals surface area (Å²) in [5, 5.41) is 15.5. The lowest BCUT2D eigenvalue weighted by molar-refractivity contribution is 0.0963. The number of carbonyl (C=O) groups is 1. The van der Waals surface area contributed by atoms with Gasteiger partial charge >= 0.3 is 0 Å². The highest BCUT2D eigenvalue weighted by molar-refractivity contribution is 5.96. The Morgan fingerprint density at radius 1 is 1.32 bits per heavy atom. The summed E-state index contributed by atoms with van der Waals surface area (Å²) in [4.78, 5) is 11.6. The fraction of sp³-hybridized carbons (Fsp3) is 0.500. The molecule has 2 rings (SSSR count). The number of hydrogen-bond acceptors (Lipinski definition) is 4. The fourth-order valence-corrected chi connectivity index (χ4v) is 2.41. The molecule has 1 saturated carbocycles. The summed E-state index contributed by atoms with van der Waals surface area (Å²) in [5.74, 6) is -0.123. The molecule has 0 bridgehead atoms. The zero-order valence-electron chi connectivity index (χ0n) is 11.1. The number of rotatable bonds is 3. The van der Waals surface area contributed by atoms with Crippen molar-refractivity contribution in [3.63, 3.8) is 0 Å². The van der Waals surface area contributed by atoms with E-state index in [1.165, 1.54) is 0 Å². The van der Waals surface area contributed by atoms with Gasteiger partial charge in [-0.05, 0) is 43.9 Å². The van der Waals surface area contributed by atoms with Gasteiger partial charge in [-0.15, -0.1) is 0 Å². The zero-order chi connectivity index (χ0) is 13.8. The van der Waals surface area contributed by atoms with Crippen LogP contribution in [0.25, 0.3) is 0 Å². The summed E-state index contributed by atoms with van der Waals surface area (Å²) in [7, 11) is 1.61. The van der Waals surface area contributed by atoms with Crippen LogP contribution >= 0.6 is 0 Å². The maximum Gasteiger partial charge on any atom is 0.251 e. The van der Waals surface area contributed by atoms with E-state index in [9.17, 15) is 9.90 Å². The van der Waals surface area contributed by atoms with E-state index in [1.807, 2.05) is 0 Å². The number of carbonyl (C=O) groups excluding carboxylic acids is 1. The van der Waals surface area contributed by atoms with Crippen LogP contribution in [0, 0.1) is 0 Å². The first-order valence-corrected chi connectivity index (χ1v) is 6.66. The van der Waals surface area contributed by atoms with Gasteiger partial charge in [0.2, 0.25) is 0 Å².